The molecule has 0 saturated heterocycles. The smallest absolute Gasteiger partial charge is 0.191 e. The van der Waals surface area contributed by atoms with Gasteiger partial charge in [0.2, 0.25) is 0 Å². The standard InChI is InChI=1S/C23H35N7O.HI/c1-3-24-23(26-20-9-10-22-27-21(17-31-2)28-30(22)16-20)25-12-6-13-29-14-11-18-7-4-5-8-19(18)15-29;/h4-5,7-8,20H,3,6,9-17H2,1-2H3,(H2,24,25,26);1H. The van der Waals surface area contributed by atoms with Gasteiger partial charge in [-0.25, -0.2) is 9.67 Å². The molecule has 0 saturated carbocycles. The summed E-state index contributed by atoms with van der Waals surface area (Å²) in [5.74, 6) is 2.71. The molecule has 2 aliphatic heterocycles. The van der Waals surface area contributed by atoms with E-state index in [0.29, 0.717) is 12.6 Å². The average molecular weight is 553 g/mol. The lowest BCUT2D eigenvalue weighted by molar-refractivity contribution is 0.177. The fourth-order valence-corrected chi connectivity index (χ4v) is 4.41. The number of nitrogens with one attached hydrogen (secondary N) is 2. The minimum Gasteiger partial charge on any atom is -0.377 e. The molecule has 4 rings (SSSR count). The summed E-state index contributed by atoms with van der Waals surface area (Å²) in [7, 11) is 1.67. The van der Waals surface area contributed by atoms with Gasteiger partial charge in [-0.05, 0) is 37.3 Å². The summed E-state index contributed by atoms with van der Waals surface area (Å²) in [4.78, 5) is 11.9. The van der Waals surface area contributed by atoms with Crippen LogP contribution in [0.5, 0.6) is 0 Å². The molecule has 2 N–H and O–H groups in total. The maximum atomic E-state index is 5.16. The van der Waals surface area contributed by atoms with Crippen molar-refractivity contribution in [3.05, 3.63) is 47.0 Å². The Balaban J connectivity index is 0.00000289. The number of halogens is 1. The number of aryl methyl sites for hydroxylation is 1. The average Bonchev–Trinajstić information content (AvgIpc) is 3.18. The fourth-order valence-electron chi connectivity index (χ4n) is 4.41. The maximum Gasteiger partial charge on any atom is 0.191 e. The van der Waals surface area contributed by atoms with E-state index in [1.807, 2.05) is 4.68 Å². The first-order valence-electron chi connectivity index (χ1n) is 11.5. The highest BCUT2D eigenvalue weighted by atomic mass is 127. The largest absolute Gasteiger partial charge is 0.377 e. The summed E-state index contributed by atoms with van der Waals surface area (Å²) >= 11 is 0. The third kappa shape index (κ3) is 6.64. The van der Waals surface area contributed by atoms with Crippen LogP contribution in [0, 0.1) is 0 Å². The molecule has 8 nitrogen and oxygen atoms in total. The number of guanidine groups is 1. The van der Waals surface area contributed by atoms with E-state index < -0.39 is 0 Å². The first-order chi connectivity index (χ1) is 15.2. The van der Waals surface area contributed by atoms with Gasteiger partial charge in [-0.15, -0.1) is 24.0 Å². The molecule has 0 bridgehead atoms. The highest BCUT2D eigenvalue weighted by molar-refractivity contribution is 14.0. The number of hydrogen-bond donors (Lipinski definition) is 2. The summed E-state index contributed by atoms with van der Waals surface area (Å²) in [6.45, 7) is 8.36. The second-order valence-corrected chi connectivity index (χ2v) is 8.35. The van der Waals surface area contributed by atoms with E-state index in [1.165, 1.54) is 11.1 Å². The van der Waals surface area contributed by atoms with Crippen molar-refractivity contribution < 1.29 is 4.74 Å². The topological polar surface area (TPSA) is 79.6 Å². The molecule has 1 unspecified atom stereocenters. The molecular formula is C23H36IN7O. The van der Waals surface area contributed by atoms with E-state index in [9.17, 15) is 0 Å². The van der Waals surface area contributed by atoms with Crippen molar-refractivity contribution >= 4 is 29.9 Å². The monoisotopic (exact) mass is 553 g/mol. The molecule has 0 spiro atoms. The Hall–Kier alpha value is -1.72. The van der Waals surface area contributed by atoms with Gasteiger partial charge >= 0.3 is 0 Å². The Bertz CT molecular complexity index is 885. The Kier molecular flexibility index (Phi) is 9.73. The molecule has 2 aromatic rings. The number of aliphatic imine (C=N–C) groups is 1. The zero-order valence-electron chi connectivity index (χ0n) is 19.2. The Morgan fingerprint density at radius 3 is 2.91 bits per heavy atom. The molecule has 3 heterocycles. The molecule has 0 radical (unpaired) electrons. The van der Waals surface area contributed by atoms with Crippen molar-refractivity contribution in [1.82, 2.24) is 30.3 Å². The van der Waals surface area contributed by atoms with Gasteiger partial charge < -0.3 is 15.4 Å². The zero-order chi connectivity index (χ0) is 21.5. The van der Waals surface area contributed by atoms with Crippen LogP contribution >= 0.6 is 24.0 Å². The number of fused-ring (bicyclic) bond motifs is 2. The zero-order valence-corrected chi connectivity index (χ0v) is 21.5. The van der Waals surface area contributed by atoms with Crippen LogP contribution in [-0.2, 0) is 37.3 Å². The van der Waals surface area contributed by atoms with E-state index in [1.54, 1.807) is 7.11 Å². The maximum absolute atomic E-state index is 5.16. The number of aromatic nitrogens is 3. The van der Waals surface area contributed by atoms with Crippen molar-refractivity contribution in [1.29, 1.82) is 0 Å². The van der Waals surface area contributed by atoms with E-state index in [4.69, 9.17) is 9.73 Å². The summed E-state index contributed by atoms with van der Waals surface area (Å²) in [5.41, 5.74) is 2.98. The highest BCUT2D eigenvalue weighted by Crippen LogP contribution is 2.18. The Labute approximate surface area is 208 Å². The highest BCUT2D eigenvalue weighted by Gasteiger charge is 2.22. The third-order valence-electron chi connectivity index (χ3n) is 5.97. The number of hydrogen-bond acceptors (Lipinski definition) is 5. The molecule has 2 aliphatic rings. The second-order valence-electron chi connectivity index (χ2n) is 8.35. The van der Waals surface area contributed by atoms with Crippen molar-refractivity contribution in [2.24, 2.45) is 4.99 Å². The first kappa shape index (κ1) is 24.9. The Morgan fingerprint density at radius 2 is 2.09 bits per heavy atom. The number of methoxy groups -OCH3 is 1. The summed E-state index contributed by atoms with van der Waals surface area (Å²) in [6, 6.07) is 9.12. The number of rotatable bonds is 8. The van der Waals surface area contributed by atoms with Gasteiger partial charge in [-0.1, -0.05) is 24.3 Å². The quantitative estimate of drug-likeness (QED) is 0.226. The van der Waals surface area contributed by atoms with Crippen LogP contribution in [0.15, 0.2) is 29.3 Å². The van der Waals surface area contributed by atoms with Crippen LogP contribution in [0.25, 0.3) is 0 Å². The summed E-state index contributed by atoms with van der Waals surface area (Å²) in [5, 5.41) is 11.5. The summed E-state index contributed by atoms with van der Waals surface area (Å²) in [6.07, 6.45) is 4.17. The minimum absolute atomic E-state index is 0. The number of benzene rings is 1. The SMILES string of the molecule is CCNC(=NCCCN1CCc2ccccc2C1)NC1CCc2nc(COC)nn2C1.I. The lowest BCUT2D eigenvalue weighted by Gasteiger charge is -2.28. The van der Waals surface area contributed by atoms with Crippen molar-refractivity contribution in [2.75, 3.05) is 33.3 Å². The molecule has 1 atom stereocenters. The molecule has 0 amide bonds. The number of ether oxygens (including phenoxy) is 1. The van der Waals surface area contributed by atoms with Crippen LogP contribution in [0.3, 0.4) is 0 Å². The van der Waals surface area contributed by atoms with Gasteiger partial charge in [0.15, 0.2) is 11.8 Å². The van der Waals surface area contributed by atoms with Crippen LogP contribution in [0.2, 0.25) is 0 Å². The molecule has 9 heteroatoms. The van der Waals surface area contributed by atoms with Crippen molar-refractivity contribution in [3.8, 4) is 0 Å². The van der Waals surface area contributed by atoms with Gasteiger partial charge in [-0.2, -0.15) is 5.10 Å². The fraction of sp³-hybridized carbons (Fsp3) is 0.609. The molecule has 1 aromatic heterocycles. The van der Waals surface area contributed by atoms with Gasteiger partial charge in [0.25, 0.3) is 0 Å². The molecular weight excluding hydrogens is 517 g/mol. The van der Waals surface area contributed by atoms with Gasteiger partial charge in [-0.3, -0.25) is 9.89 Å². The van der Waals surface area contributed by atoms with Crippen LogP contribution < -0.4 is 10.6 Å². The molecule has 32 heavy (non-hydrogen) atoms. The predicted octanol–water partition coefficient (Wildman–Crippen LogP) is 2.36. The third-order valence-corrected chi connectivity index (χ3v) is 5.97. The second kappa shape index (κ2) is 12.5. The van der Waals surface area contributed by atoms with Crippen LogP contribution in [-0.4, -0.2) is 65.0 Å². The van der Waals surface area contributed by atoms with E-state index in [2.05, 4.69) is 56.8 Å². The molecule has 0 fully saturated rings. The molecule has 1 aromatic carbocycles. The molecule has 176 valence electrons. The van der Waals surface area contributed by atoms with Crippen LogP contribution in [0.4, 0.5) is 0 Å². The van der Waals surface area contributed by atoms with E-state index >= 15 is 0 Å². The lowest BCUT2D eigenvalue weighted by Crippen LogP contribution is -2.47. The van der Waals surface area contributed by atoms with E-state index in [0.717, 1.165) is 82.6 Å². The minimum atomic E-state index is 0. The van der Waals surface area contributed by atoms with Gasteiger partial charge in [0.05, 0.1) is 6.54 Å². The summed E-state index contributed by atoms with van der Waals surface area (Å²) < 4.78 is 7.17. The van der Waals surface area contributed by atoms with Gasteiger partial charge in [0, 0.05) is 52.3 Å². The first-order valence-corrected chi connectivity index (χ1v) is 11.5. The van der Waals surface area contributed by atoms with Crippen LogP contribution in [0.1, 0.15) is 42.5 Å². The van der Waals surface area contributed by atoms with Crippen molar-refractivity contribution in [2.45, 2.75) is 58.3 Å². The van der Waals surface area contributed by atoms with Crippen molar-refractivity contribution in [3.63, 3.8) is 0 Å². The van der Waals surface area contributed by atoms with Gasteiger partial charge in [0.1, 0.15) is 12.4 Å². The van der Waals surface area contributed by atoms with E-state index in [-0.39, 0.29) is 24.0 Å². The normalized spacial score (nSPS) is 18.4. The predicted molar refractivity (Wildman–Crippen MR) is 137 cm³/mol. The lowest BCUT2D eigenvalue weighted by atomic mass is 10.00. The number of nitrogens with zero attached hydrogens (tertiary/aromatic N) is 5. The Morgan fingerprint density at radius 1 is 1.25 bits per heavy atom. The molecule has 0 aliphatic carbocycles.